The normalized spacial score (nSPS) is 20.0. The van der Waals surface area contributed by atoms with E-state index < -0.39 is 5.82 Å². The monoisotopic (exact) mass is 334 g/mol. The van der Waals surface area contributed by atoms with Crippen LogP contribution in [0.5, 0.6) is 0 Å². The van der Waals surface area contributed by atoms with Gasteiger partial charge >= 0.3 is 0 Å². The maximum Gasteiger partial charge on any atom is 0.178 e. The maximum atomic E-state index is 13.4. The van der Waals surface area contributed by atoms with Crippen molar-refractivity contribution in [2.45, 2.75) is 11.8 Å². The van der Waals surface area contributed by atoms with Crippen molar-refractivity contribution in [1.29, 1.82) is 0 Å². The minimum absolute atomic E-state index is 0.140. The van der Waals surface area contributed by atoms with Crippen LogP contribution in [0.3, 0.4) is 0 Å². The Labute approximate surface area is 129 Å². The van der Waals surface area contributed by atoms with Crippen molar-refractivity contribution in [3.8, 4) is 0 Å². The van der Waals surface area contributed by atoms with Gasteiger partial charge in [-0.3, -0.25) is 0 Å². The fourth-order valence-corrected chi connectivity index (χ4v) is 5.27. The van der Waals surface area contributed by atoms with Crippen LogP contribution in [0.1, 0.15) is 0 Å². The van der Waals surface area contributed by atoms with Gasteiger partial charge in [0, 0.05) is 35.1 Å². The van der Waals surface area contributed by atoms with Gasteiger partial charge in [0.25, 0.3) is 0 Å². The van der Waals surface area contributed by atoms with Crippen LogP contribution in [-0.4, -0.2) is 32.1 Å². The maximum absolute atomic E-state index is 13.4. The van der Waals surface area contributed by atoms with Crippen LogP contribution >= 0.6 is 47.3 Å². The first-order valence-electron chi connectivity index (χ1n) is 5.92. The number of nitrogens with zero attached hydrogens (tertiary/aromatic N) is 1. The molecule has 3 rings (SSSR count). The Bertz CT molecular complexity index is 661. The van der Waals surface area contributed by atoms with E-state index in [0.29, 0.717) is 15.5 Å². The Morgan fingerprint density at radius 1 is 1.47 bits per heavy atom. The highest BCUT2D eigenvalue weighted by molar-refractivity contribution is 8.06. The van der Waals surface area contributed by atoms with Crippen molar-refractivity contribution >= 4 is 58.4 Å². The SMILES string of the molecule is Fc1cc2[nH]c(=S)n(CC3CSCCS3)c2cc1Cl. The summed E-state index contributed by atoms with van der Waals surface area (Å²) in [5.74, 6) is 3.12. The number of hydrogen-bond acceptors (Lipinski definition) is 3. The summed E-state index contributed by atoms with van der Waals surface area (Å²) in [7, 11) is 0. The van der Waals surface area contributed by atoms with Crippen LogP contribution in [0.25, 0.3) is 11.0 Å². The lowest BCUT2D eigenvalue weighted by molar-refractivity contribution is 0.629. The molecule has 1 aromatic carbocycles. The molecule has 19 heavy (non-hydrogen) atoms. The molecule has 1 saturated heterocycles. The summed E-state index contributed by atoms with van der Waals surface area (Å²) in [6, 6.07) is 3.06. The molecular weight excluding hydrogens is 323 g/mol. The second kappa shape index (κ2) is 5.68. The molecule has 7 heteroatoms. The second-order valence-corrected chi connectivity index (χ2v) is 7.74. The highest BCUT2D eigenvalue weighted by atomic mass is 35.5. The molecule has 1 atom stereocenters. The second-order valence-electron chi connectivity index (χ2n) is 4.39. The summed E-state index contributed by atoms with van der Waals surface area (Å²) >= 11 is 15.2. The molecule has 1 aromatic heterocycles. The first-order chi connectivity index (χ1) is 9.15. The molecular formula is C12H12ClFN2S3. The Hall–Kier alpha value is -0.170. The van der Waals surface area contributed by atoms with Crippen molar-refractivity contribution < 1.29 is 4.39 Å². The van der Waals surface area contributed by atoms with Crippen molar-refractivity contribution in [2.75, 3.05) is 17.3 Å². The third kappa shape index (κ3) is 2.82. The molecule has 1 unspecified atom stereocenters. The Balaban J connectivity index is 2.00. The summed E-state index contributed by atoms with van der Waals surface area (Å²) in [4.78, 5) is 3.05. The number of benzene rings is 1. The van der Waals surface area contributed by atoms with Gasteiger partial charge in [-0.25, -0.2) is 4.39 Å². The van der Waals surface area contributed by atoms with E-state index >= 15 is 0 Å². The molecule has 0 spiro atoms. The summed E-state index contributed by atoms with van der Waals surface area (Å²) in [5.41, 5.74) is 1.59. The van der Waals surface area contributed by atoms with E-state index in [9.17, 15) is 4.39 Å². The van der Waals surface area contributed by atoms with Gasteiger partial charge in [0.2, 0.25) is 0 Å². The third-order valence-corrected chi connectivity index (χ3v) is 6.53. The quantitative estimate of drug-likeness (QED) is 0.825. The first kappa shape index (κ1) is 13.8. The van der Waals surface area contributed by atoms with Gasteiger partial charge in [-0.2, -0.15) is 23.5 Å². The molecule has 2 aromatic rings. The van der Waals surface area contributed by atoms with Crippen molar-refractivity contribution in [1.82, 2.24) is 9.55 Å². The minimum atomic E-state index is -0.417. The molecule has 0 radical (unpaired) electrons. The molecule has 0 bridgehead atoms. The molecule has 1 N–H and O–H groups in total. The highest BCUT2D eigenvalue weighted by Gasteiger charge is 2.17. The summed E-state index contributed by atoms with van der Waals surface area (Å²) in [5, 5.41) is 0.689. The molecule has 1 aliphatic rings. The van der Waals surface area contributed by atoms with Gasteiger partial charge in [0.05, 0.1) is 16.1 Å². The zero-order valence-corrected chi connectivity index (χ0v) is 13.2. The summed E-state index contributed by atoms with van der Waals surface area (Å²) < 4.78 is 16.1. The molecule has 0 saturated carbocycles. The Kier molecular flexibility index (Phi) is 4.12. The number of rotatable bonds is 2. The number of halogens is 2. The van der Waals surface area contributed by atoms with Crippen LogP contribution < -0.4 is 0 Å². The van der Waals surface area contributed by atoms with E-state index in [1.54, 1.807) is 6.07 Å². The van der Waals surface area contributed by atoms with E-state index in [0.717, 1.165) is 17.8 Å². The minimum Gasteiger partial charge on any atom is -0.330 e. The summed E-state index contributed by atoms with van der Waals surface area (Å²) in [6.07, 6.45) is 0. The Morgan fingerprint density at radius 3 is 3.05 bits per heavy atom. The van der Waals surface area contributed by atoms with E-state index in [-0.39, 0.29) is 5.02 Å². The van der Waals surface area contributed by atoms with E-state index in [1.165, 1.54) is 17.6 Å². The lowest BCUT2D eigenvalue weighted by atomic mass is 10.3. The first-order valence-corrected chi connectivity index (χ1v) is 8.91. The number of thioether (sulfide) groups is 2. The number of hydrogen-bond donors (Lipinski definition) is 1. The van der Waals surface area contributed by atoms with E-state index in [1.807, 2.05) is 28.1 Å². The average Bonchev–Trinajstić information content (AvgIpc) is 2.68. The van der Waals surface area contributed by atoms with Gasteiger partial charge in [0.15, 0.2) is 4.77 Å². The van der Waals surface area contributed by atoms with Gasteiger partial charge < -0.3 is 9.55 Å². The van der Waals surface area contributed by atoms with Crippen molar-refractivity contribution in [2.24, 2.45) is 0 Å². The average molecular weight is 335 g/mol. The predicted octanol–water partition coefficient (Wildman–Crippen LogP) is 4.34. The highest BCUT2D eigenvalue weighted by Crippen LogP contribution is 2.28. The Morgan fingerprint density at radius 2 is 2.32 bits per heavy atom. The number of H-pyrrole nitrogens is 1. The molecule has 2 heterocycles. The number of nitrogens with one attached hydrogen (secondary N) is 1. The molecule has 102 valence electrons. The van der Waals surface area contributed by atoms with Gasteiger partial charge in [-0.05, 0) is 18.3 Å². The van der Waals surface area contributed by atoms with Gasteiger partial charge in [-0.1, -0.05) is 11.6 Å². The van der Waals surface area contributed by atoms with Gasteiger partial charge in [0.1, 0.15) is 5.82 Å². The molecule has 1 fully saturated rings. The zero-order chi connectivity index (χ0) is 13.4. The lowest BCUT2D eigenvalue weighted by Gasteiger charge is -2.21. The predicted molar refractivity (Wildman–Crippen MR) is 85.7 cm³/mol. The summed E-state index contributed by atoms with van der Waals surface area (Å²) in [6.45, 7) is 0.846. The van der Waals surface area contributed by atoms with Gasteiger partial charge in [-0.15, -0.1) is 0 Å². The topological polar surface area (TPSA) is 20.7 Å². The van der Waals surface area contributed by atoms with E-state index in [4.69, 9.17) is 23.8 Å². The fourth-order valence-electron chi connectivity index (χ4n) is 2.18. The number of fused-ring (bicyclic) bond motifs is 1. The van der Waals surface area contributed by atoms with Crippen LogP contribution in [-0.2, 0) is 6.54 Å². The van der Waals surface area contributed by atoms with Crippen molar-refractivity contribution in [3.05, 3.63) is 27.7 Å². The standard InChI is InChI=1S/C12H12ClFN2S3/c13-8-3-11-10(4-9(8)14)15-12(17)16(11)5-7-6-18-1-2-19-7/h3-4,7H,1-2,5-6H2,(H,15,17). The number of aromatic nitrogens is 2. The van der Waals surface area contributed by atoms with Crippen LogP contribution in [0.4, 0.5) is 4.39 Å². The largest absolute Gasteiger partial charge is 0.330 e. The zero-order valence-electron chi connectivity index (χ0n) is 9.99. The third-order valence-electron chi connectivity index (χ3n) is 3.09. The molecule has 2 nitrogen and oxygen atoms in total. The fraction of sp³-hybridized carbons (Fsp3) is 0.417. The number of aromatic amines is 1. The molecule has 0 amide bonds. The number of imidazole rings is 1. The van der Waals surface area contributed by atoms with Crippen LogP contribution in [0.15, 0.2) is 12.1 Å². The van der Waals surface area contributed by atoms with Crippen LogP contribution in [0.2, 0.25) is 5.02 Å². The molecule has 1 aliphatic heterocycles. The van der Waals surface area contributed by atoms with E-state index in [2.05, 4.69) is 4.98 Å². The van der Waals surface area contributed by atoms with Crippen molar-refractivity contribution in [3.63, 3.8) is 0 Å². The lowest BCUT2D eigenvalue weighted by Crippen LogP contribution is -2.20. The molecule has 0 aliphatic carbocycles. The smallest absolute Gasteiger partial charge is 0.178 e. The van der Waals surface area contributed by atoms with Crippen LogP contribution in [0, 0.1) is 10.6 Å².